The summed E-state index contributed by atoms with van der Waals surface area (Å²) < 4.78 is 74.1. The van der Waals surface area contributed by atoms with Crippen LogP contribution in [0.5, 0.6) is 0 Å². The molecule has 1 aliphatic heterocycles. The predicted octanol–water partition coefficient (Wildman–Crippen LogP) is 3.85. The molecule has 17 heteroatoms. The van der Waals surface area contributed by atoms with Gasteiger partial charge in [0.2, 0.25) is 5.28 Å². The fourth-order valence-electron chi connectivity index (χ4n) is 4.30. The number of benzene rings is 2. The third-order valence-electron chi connectivity index (χ3n) is 6.32. The number of esters is 1. The number of hydrogen-bond donors (Lipinski definition) is 1. The number of hydrazine groups is 1. The SMILES string of the molecule is CC(=O)OC(C)O/N=[N+](/[O-])N1CCC[C@H]1C(=O)NS(=O)(=O)c1ccc(-n2nc(C(F)(F)F)cc2-c2ccc(C)cc2)cc1. The van der Waals surface area contributed by atoms with Crippen molar-refractivity contribution in [2.24, 2.45) is 5.28 Å². The van der Waals surface area contributed by atoms with E-state index in [0.29, 0.717) is 12.0 Å². The lowest BCUT2D eigenvalue weighted by atomic mass is 10.1. The number of nitrogens with one attached hydrogen (secondary N) is 1. The Hall–Kier alpha value is -4.67. The van der Waals surface area contributed by atoms with Crippen molar-refractivity contribution in [1.82, 2.24) is 19.5 Å². The molecule has 0 saturated carbocycles. The molecule has 0 bridgehead atoms. The van der Waals surface area contributed by atoms with Crippen molar-refractivity contribution in [2.75, 3.05) is 6.54 Å². The lowest BCUT2D eigenvalue weighted by Crippen LogP contribution is -2.47. The van der Waals surface area contributed by atoms with Crippen molar-refractivity contribution < 1.29 is 45.7 Å². The van der Waals surface area contributed by atoms with Gasteiger partial charge in [-0.2, -0.15) is 18.3 Å². The Labute approximate surface area is 244 Å². The minimum absolute atomic E-state index is 0.0242. The van der Waals surface area contributed by atoms with Gasteiger partial charge in [-0.1, -0.05) is 29.8 Å². The molecular weight excluding hydrogens is 597 g/mol. The van der Waals surface area contributed by atoms with Crippen molar-refractivity contribution >= 4 is 21.9 Å². The summed E-state index contributed by atoms with van der Waals surface area (Å²) in [5.41, 5.74) is 0.520. The predicted molar refractivity (Wildman–Crippen MR) is 142 cm³/mol. The monoisotopic (exact) mass is 624 g/mol. The zero-order chi connectivity index (χ0) is 31.5. The molecule has 2 atom stereocenters. The maximum absolute atomic E-state index is 13.5. The van der Waals surface area contributed by atoms with Gasteiger partial charge in [0, 0.05) is 19.4 Å². The van der Waals surface area contributed by atoms with E-state index in [2.05, 4.69) is 15.1 Å². The van der Waals surface area contributed by atoms with E-state index < -0.39 is 46.1 Å². The minimum Gasteiger partial charge on any atom is -0.569 e. The van der Waals surface area contributed by atoms with Crippen molar-refractivity contribution in [3.8, 4) is 16.9 Å². The summed E-state index contributed by atoms with van der Waals surface area (Å²) in [4.78, 5) is 28.2. The molecule has 1 aromatic heterocycles. The van der Waals surface area contributed by atoms with Crippen LogP contribution in [0.25, 0.3) is 16.9 Å². The number of nitrogens with zero attached hydrogens (tertiary/aromatic N) is 5. The summed E-state index contributed by atoms with van der Waals surface area (Å²) in [6, 6.07) is 11.2. The lowest BCUT2D eigenvalue weighted by molar-refractivity contribution is -0.713. The van der Waals surface area contributed by atoms with Gasteiger partial charge >= 0.3 is 12.1 Å². The topological polar surface area (TPSA) is 158 Å². The van der Waals surface area contributed by atoms with Gasteiger partial charge < -0.3 is 9.94 Å². The highest BCUT2D eigenvalue weighted by Crippen LogP contribution is 2.33. The van der Waals surface area contributed by atoms with Gasteiger partial charge in [-0.3, -0.25) is 14.4 Å². The number of sulfonamides is 1. The molecule has 3 aromatic rings. The molecule has 0 spiro atoms. The zero-order valence-electron chi connectivity index (χ0n) is 23.1. The number of rotatable bonds is 9. The number of aromatic nitrogens is 2. The third-order valence-corrected chi connectivity index (χ3v) is 7.68. The first-order chi connectivity index (χ1) is 20.2. The molecular formula is C26H27F3N6O7S. The summed E-state index contributed by atoms with van der Waals surface area (Å²) in [6.45, 7) is 4.35. The van der Waals surface area contributed by atoms with Crippen molar-refractivity contribution in [1.29, 1.82) is 0 Å². The second-order valence-electron chi connectivity index (χ2n) is 9.59. The van der Waals surface area contributed by atoms with E-state index in [0.717, 1.165) is 40.4 Å². The van der Waals surface area contributed by atoms with E-state index in [-0.39, 0.29) is 34.2 Å². The van der Waals surface area contributed by atoms with Gasteiger partial charge in [-0.15, -0.1) is 5.01 Å². The van der Waals surface area contributed by atoms with E-state index in [9.17, 15) is 36.4 Å². The fraction of sp³-hybridized carbons (Fsp3) is 0.346. The van der Waals surface area contributed by atoms with Gasteiger partial charge in [-0.25, -0.2) is 17.8 Å². The van der Waals surface area contributed by atoms with Crippen LogP contribution in [0, 0.1) is 12.1 Å². The number of carbonyl (C=O) groups excluding carboxylic acids is 2. The quantitative estimate of drug-likeness (QED) is 0.123. The molecule has 1 fully saturated rings. The van der Waals surface area contributed by atoms with Crippen LogP contribution in [0.1, 0.15) is 37.9 Å². The van der Waals surface area contributed by atoms with Crippen molar-refractivity contribution in [3.63, 3.8) is 0 Å². The molecule has 0 radical (unpaired) electrons. The summed E-state index contributed by atoms with van der Waals surface area (Å²) >= 11 is 0. The highest BCUT2D eigenvalue weighted by molar-refractivity contribution is 7.90. The molecule has 1 amide bonds. The largest absolute Gasteiger partial charge is 0.569 e. The average Bonchev–Trinajstić information content (AvgIpc) is 3.60. The van der Waals surface area contributed by atoms with Crippen molar-refractivity contribution in [2.45, 2.75) is 57.0 Å². The van der Waals surface area contributed by atoms with Crippen LogP contribution in [0.3, 0.4) is 0 Å². The summed E-state index contributed by atoms with van der Waals surface area (Å²) in [5, 5.41) is 20.3. The van der Waals surface area contributed by atoms with E-state index in [4.69, 9.17) is 4.84 Å². The Morgan fingerprint density at radius 2 is 1.81 bits per heavy atom. The summed E-state index contributed by atoms with van der Waals surface area (Å²) in [6.07, 6.45) is -5.39. The summed E-state index contributed by atoms with van der Waals surface area (Å²) in [7, 11) is -4.45. The van der Waals surface area contributed by atoms with Crippen molar-refractivity contribution in [3.05, 3.63) is 71.1 Å². The van der Waals surface area contributed by atoms with Gasteiger partial charge in [0.25, 0.3) is 22.2 Å². The Balaban J connectivity index is 1.52. The minimum atomic E-state index is -4.72. The van der Waals surface area contributed by atoms with Crippen LogP contribution >= 0.6 is 0 Å². The molecule has 0 aliphatic carbocycles. The van der Waals surface area contributed by atoms with Gasteiger partial charge in [0.1, 0.15) is 0 Å². The fourth-order valence-corrected chi connectivity index (χ4v) is 5.32. The average molecular weight is 625 g/mol. The highest BCUT2D eigenvalue weighted by Gasteiger charge is 2.39. The first kappa shape index (κ1) is 31.3. The van der Waals surface area contributed by atoms with Gasteiger partial charge in [0.15, 0.2) is 11.7 Å². The number of aryl methyl sites for hydroxylation is 1. The van der Waals surface area contributed by atoms with Crippen LogP contribution in [-0.2, 0) is 35.4 Å². The number of carbonyl (C=O) groups is 2. The molecule has 2 heterocycles. The third kappa shape index (κ3) is 7.40. The molecule has 1 aliphatic rings. The van der Waals surface area contributed by atoms with E-state index >= 15 is 0 Å². The zero-order valence-corrected chi connectivity index (χ0v) is 23.9. The van der Waals surface area contributed by atoms with E-state index in [1.54, 1.807) is 24.3 Å². The molecule has 1 saturated heterocycles. The van der Waals surface area contributed by atoms with Gasteiger partial charge in [0.05, 0.1) is 27.8 Å². The number of ether oxygens (including phenoxy) is 1. The smallest absolute Gasteiger partial charge is 0.435 e. The second-order valence-corrected chi connectivity index (χ2v) is 11.3. The number of amides is 1. The summed E-state index contributed by atoms with van der Waals surface area (Å²) in [5.74, 6) is -1.67. The maximum Gasteiger partial charge on any atom is 0.435 e. The van der Waals surface area contributed by atoms with Crippen LogP contribution in [-0.4, -0.2) is 58.9 Å². The Bertz CT molecular complexity index is 1620. The number of alkyl halides is 3. The normalized spacial score (nSPS) is 16.6. The van der Waals surface area contributed by atoms with E-state index in [1.807, 2.05) is 11.6 Å². The molecule has 1 unspecified atom stereocenters. The first-order valence-corrected chi connectivity index (χ1v) is 14.3. The Morgan fingerprint density at radius 1 is 1.16 bits per heavy atom. The molecule has 13 nitrogen and oxygen atoms in total. The highest BCUT2D eigenvalue weighted by atomic mass is 32.2. The standard InChI is InChI=1S/C26H27F3N6O7S/c1-16-6-8-19(9-7-16)23-15-24(26(27,28)29)30-34(23)20-10-12-21(13-11-20)43(39,40)31-25(37)22-5-4-14-33(22)35(38)32-42-18(3)41-17(2)36/h6-13,15,18,22H,4-5,14H2,1-3H3,(H,31,37)/b35-32+/t18?,22-/m0/s1. The first-order valence-electron chi connectivity index (χ1n) is 12.8. The van der Waals surface area contributed by atoms with Crippen LogP contribution in [0.4, 0.5) is 13.2 Å². The van der Waals surface area contributed by atoms with Gasteiger partial charge in [-0.05, 0) is 50.1 Å². The Morgan fingerprint density at radius 3 is 2.42 bits per heavy atom. The van der Waals surface area contributed by atoms with E-state index in [1.165, 1.54) is 19.1 Å². The maximum atomic E-state index is 13.5. The number of hydrogen-bond acceptors (Lipinski definition) is 9. The lowest BCUT2D eigenvalue weighted by Gasteiger charge is -2.20. The Kier molecular flexibility index (Phi) is 8.93. The van der Waals surface area contributed by atoms with Crippen LogP contribution in [0.2, 0.25) is 0 Å². The second kappa shape index (κ2) is 12.3. The molecule has 2 aromatic carbocycles. The van der Waals surface area contributed by atoms with Crippen LogP contribution in [0.15, 0.2) is 64.8 Å². The molecule has 43 heavy (non-hydrogen) atoms. The van der Waals surface area contributed by atoms with Crippen LogP contribution < -0.4 is 4.72 Å². The number of halogens is 3. The molecule has 1 N–H and O–H groups in total. The molecule has 4 rings (SSSR count). The molecule has 230 valence electrons.